The molecule has 2 N–H and O–H groups in total. The van der Waals surface area contributed by atoms with Crippen molar-refractivity contribution in [2.45, 2.75) is 32.1 Å². The minimum atomic E-state index is -3.73. The van der Waals surface area contributed by atoms with Gasteiger partial charge in [-0.2, -0.15) is 0 Å². The molecule has 144 valence electrons. The van der Waals surface area contributed by atoms with Gasteiger partial charge in [0.2, 0.25) is 10.0 Å². The van der Waals surface area contributed by atoms with E-state index >= 15 is 0 Å². The van der Waals surface area contributed by atoms with Gasteiger partial charge in [-0.3, -0.25) is 0 Å². The molecule has 2 aromatic carbocycles. The number of halogens is 1. The van der Waals surface area contributed by atoms with Gasteiger partial charge in [0, 0.05) is 23.1 Å². The number of H-pyrrole nitrogens is 1. The molecule has 0 amide bonds. The molecule has 0 unspecified atom stereocenters. The molecule has 5 nitrogen and oxygen atoms in total. The molecule has 0 fully saturated rings. The van der Waals surface area contributed by atoms with Crippen LogP contribution in [0.2, 0.25) is 0 Å². The van der Waals surface area contributed by atoms with E-state index in [2.05, 4.69) is 9.71 Å². The zero-order valence-corrected chi connectivity index (χ0v) is 16.6. The molecule has 0 spiro atoms. The molecule has 3 rings (SSSR count). The molecule has 27 heavy (non-hydrogen) atoms. The van der Waals surface area contributed by atoms with Gasteiger partial charge < -0.3 is 9.72 Å². The van der Waals surface area contributed by atoms with E-state index in [1.54, 1.807) is 18.2 Å². The van der Waals surface area contributed by atoms with Gasteiger partial charge in [0.15, 0.2) is 0 Å². The van der Waals surface area contributed by atoms with Gasteiger partial charge in [0.05, 0.1) is 7.11 Å². The fourth-order valence-electron chi connectivity index (χ4n) is 3.20. The third-order valence-electron chi connectivity index (χ3n) is 4.82. The molecule has 1 heterocycles. The van der Waals surface area contributed by atoms with Crippen LogP contribution in [0, 0.1) is 26.6 Å². The lowest BCUT2D eigenvalue weighted by Crippen LogP contribution is -2.26. The Balaban J connectivity index is 1.82. The summed E-state index contributed by atoms with van der Waals surface area (Å²) in [5.41, 5.74) is 4.47. The molecular weight excluding hydrogens is 367 g/mol. The molecule has 0 saturated heterocycles. The lowest BCUT2D eigenvalue weighted by atomic mass is 10.1. The van der Waals surface area contributed by atoms with Crippen molar-refractivity contribution in [2.24, 2.45) is 0 Å². The summed E-state index contributed by atoms with van der Waals surface area (Å²) in [6.45, 7) is 5.86. The minimum absolute atomic E-state index is 0.120. The van der Waals surface area contributed by atoms with Crippen molar-refractivity contribution in [2.75, 3.05) is 13.7 Å². The first-order chi connectivity index (χ1) is 12.7. The minimum Gasteiger partial charge on any atom is -0.495 e. The van der Waals surface area contributed by atoms with Gasteiger partial charge in [-0.1, -0.05) is 0 Å². The highest BCUT2D eigenvalue weighted by Gasteiger charge is 2.20. The summed E-state index contributed by atoms with van der Waals surface area (Å²) < 4.78 is 46.9. The summed E-state index contributed by atoms with van der Waals surface area (Å²) in [5, 5.41) is 0.774. The average Bonchev–Trinajstić information content (AvgIpc) is 2.92. The Morgan fingerprint density at radius 3 is 2.52 bits per heavy atom. The monoisotopic (exact) mass is 390 g/mol. The molecule has 0 aliphatic rings. The Morgan fingerprint density at radius 2 is 1.81 bits per heavy atom. The normalized spacial score (nSPS) is 11.9. The highest BCUT2D eigenvalue weighted by Crippen LogP contribution is 2.27. The Bertz CT molecular complexity index is 1100. The Morgan fingerprint density at radius 1 is 1.11 bits per heavy atom. The van der Waals surface area contributed by atoms with E-state index in [9.17, 15) is 12.8 Å². The first kappa shape index (κ1) is 19.4. The van der Waals surface area contributed by atoms with Crippen molar-refractivity contribution >= 4 is 20.9 Å². The molecule has 0 radical (unpaired) electrons. The number of fused-ring (bicyclic) bond motifs is 1. The van der Waals surface area contributed by atoms with Gasteiger partial charge in [-0.15, -0.1) is 0 Å². The molecule has 0 saturated carbocycles. The second-order valence-electron chi connectivity index (χ2n) is 6.65. The van der Waals surface area contributed by atoms with Crippen LogP contribution in [-0.2, 0) is 16.4 Å². The van der Waals surface area contributed by atoms with Crippen molar-refractivity contribution in [3.8, 4) is 5.75 Å². The maximum atomic E-state index is 13.6. The summed E-state index contributed by atoms with van der Waals surface area (Å²) in [4.78, 5) is 3.32. The van der Waals surface area contributed by atoms with Crippen molar-refractivity contribution in [1.29, 1.82) is 0 Å². The quantitative estimate of drug-likeness (QED) is 0.673. The zero-order chi connectivity index (χ0) is 19.8. The molecule has 0 atom stereocenters. The zero-order valence-electron chi connectivity index (χ0n) is 15.8. The van der Waals surface area contributed by atoms with Crippen molar-refractivity contribution in [3.05, 3.63) is 58.5 Å². The van der Waals surface area contributed by atoms with Crippen molar-refractivity contribution < 1.29 is 17.5 Å². The summed E-state index contributed by atoms with van der Waals surface area (Å²) >= 11 is 0. The van der Waals surface area contributed by atoms with Gasteiger partial charge in [-0.05, 0) is 74.2 Å². The SMILES string of the molecule is COc1cc(C)c(C)cc1S(=O)(=O)NCCc1c(C)[nH]c2ccc(F)cc12. The van der Waals surface area contributed by atoms with E-state index in [0.29, 0.717) is 12.2 Å². The average molecular weight is 390 g/mol. The van der Waals surface area contributed by atoms with Gasteiger partial charge in [0.1, 0.15) is 16.5 Å². The topological polar surface area (TPSA) is 71.2 Å². The third-order valence-corrected chi connectivity index (χ3v) is 6.30. The van der Waals surface area contributed by atoms with Crippen LogP contribution in [-0.4, -0.2) is 27.1 Å². The van der Waals surface area contributed by atoms with Crippen LogP contribution in [0.25, 0.3) is 10.9 Å². The van der Waals surface area contributed by atoms with Crippen molar-refractivity contribution in [3.63, 3.8) is 0 Å². The smallest absolute Gasteiger partial charge is 0.244 e. The fraction of sp³-hybridized carbons (Fsp3) is 0.300. The summed E-state index contributed by atoms with van der Waals surface area (Å²) in [5.74, 6) is -0.000793. The Labute approximate surface area is 158 Å². The number of sulfonamides is 1. The summed E-state index contributed by atoms with van der Waals surface area (Å²) in [7, 11) is -2.28. The number of aromatic nitrogens is 1. The molecular formula is C20H23FN2O3S. The standard InChI is InChI=1S/C20H23FN2O3S/c1-12-9-19(26-4)20(10-13(12)2)27(24,25)22-8-7-16-14(3)23-18-6-5-15(21)11-17(16)18/h5-6,9-11,22-23H,7-8H2,1-4H3. The third kappa shape index (κ3) is 3.84. The van der Waals surface area contributed by atoms with Crippen LogP contribution in [0.1, 0.15) is 22.4 Å². The lowest BCUT2D eigenvalue weighted by molar-refractivity contribution is 0.402. The molecule has 7 heteroatoms. The number of hydrogen-bond acceptors (Lipinski definition) is 3. The highest BCUT2D eigenvalue weighted by atomic mass is 32.2. The Hall–Kier alpha value is -2.38. The number of hydrogen-bond donors (Lipinski definition) is 2. The van der Waals surface area contributed by atoms with E-state index in [-0.39, 0.29) is 17.3 Å². The van der Waals surface area contributed by atoms with Crippen LogP contribution in [0.15, 0.2) is 35.2 Å². The van der Waals surface area contributed by atoms with Gasteiger partial charge in [0.25, 0.3) is 0 Å². The van der Waals surface area contributed by atoms with E-state index < -0.39 is 10.0 Å². The molecule has 0 aliphatic heterocycles. The number of benzene rings is 2. The van der Waals surface area contributed by atoms with Crippen LogP contribution >= 0.6 is 0 Å². The lowest BCUT2D eigenvalue weighted by Gasteiger charge is -2.13. The molecule has 0 bridgehead atoms. The maximum absolute atomic E-state index is 13.6. The van der Waals surface area contributed by atoms with Gasteiger partial charge in [-0.25, -0.2) is 17.5 Å². The summed E-state index contributed by atoms with van der Waals surface area (Å²) in [6, 6.07) is 7.89. The number of aromatic amines is 1. The number of ether oxygens (including phenoxy) is 1. The van der Waals surface area contributed by atoms with Crippen LogP contribution < -0.4 is 9.46 Å². The number of methoxy groups -OCH3 is 1. The predicted octanol–water partition coefficient (Wildman–Crippen LogP) is 3.76. The second-order valence-corrected chi connectivity index (χ2v) is 8.39. The van der Waals surface area contributed by atoms with E-state index in [0.717, 1.165) is 33.3 Å². The first-order valence-corrected chi connectivity index (χ1v) is 10.1. The molecule has 3 aromatic rings. The van der Waals surface area contributed by atoms with Crippen LogP contribution in [0.3, 0.4) is 0 Å². The number of nitrogens with one attached hydrogen (secondary N) is 2. The van der Waals surface area contributed by atoms with Gasteiger partial charge >= 0.3 is 0 Å². The maximum Gasteiger partial charge on any atom is 0.244 e. The molecule has 1 aromatic heterocycles. The van der Waals surface area contributed by atoms with Crippen molar-refractivity contribution in [1.82, 2.24) is 9.71 Å². The fourth-order valence-corrected chi connectivity index (χ4v) is 4.46. The highest BCUT2D eigenvalue weighted by molar-refractivity contribution is 7.89. The second kappa shape index (κ2) is 7.32. The number of aryl methyl sites for hydroxylation is 3. The van der Waals surface area contributed by atoms with E-state index in [1.807, 2.05) is 20.8 Å². The van der Waals surface area contributed by atoms with Crippen LogP contribution in [0.5, 0.6) is 5.75 Å². The van der Waals surface area contributed by atoms with E-state index in [4.69, 9.17) is 4.74 Å². The first-order valence-electron chi connectivity index (χ1n) is 8.64. The predicted molar refractivity (Wildman–Crippen MR) is 104 cm³/mol. The summed E-state index contributed by atoms with van der Waals surface area (Å²) in [6.07, 6.45) is 0.446. The van der Waals surface area contributed by atoms with E-state index in [1.165, 1.54) is 19.2 Å². The largest absolute Gasteiger partial charge is 0.495 e. The Kier molecular flexibility index (Phi) is 5.26. The number of rotatable bonds is 6. The molecule has 0 aliphatic carbocycles. The van der Waals surface area contributed by atoms with Crippen LogP contribution in [0.4, 0.5) is 4.39 Å².